The number of likely N-dealkylation sites (tertiary alicyclic amines) is 1. The lowest BCUT2D eigenvalue weighted by Crippen LogP contribution is -2.42. The maximum absolute atomic E-state index is 12.7. The van der Waals surface area contributed by atoms with Crippen molar-refractivity contribution in [3.63, 3.8) is 0 Å². The minimum Gasteiger partial charge on any atom is -0.350 e. The van der Waals surface area contributed by atoms with Crippen LogP contribution >= 0.6 is 11.8 Å². The van der Waals surface area contributed by atoms with E-state index in [1.165, 1.54) is 17.3 Å². The zero-order valence-corrected chi connectivity index (χ0v) is 16.9. The second kappa shape index (κ2) is 9.07. The zero-order valence-electron chi connectivity index (χ0n) is 16.1. The molecular weight excluding hydrogens is 376 g/mol. The Balaban J connectivity index is 1.29. The lowest BCUT2D eigenvalue weighted by atomic mass is 9.96. The number of hydrogen-bond acceptors (Lipinski definition) is 6. The highest BCUT2D eigenvalue weighted by Gasteiger charge is 2.31. The molecule has 0 saturated carbocycles. The molecule has 8 heteroatoms. The molecule has 0 spiro atoms. The number of nitrogens with zero attached hydrogens (tertiary/aromatic N) is 4. The van der Waals surface area contributed by atoms with Crippen LogP contribution in [0.4, 0.5) is 0 Å². The minimum atomic E-state index is -0.0776. The first kappa shape index (κ1) is 19.4. The summed E-state index contributed by atoms with van der Waals surface area (Å²) >= 11 is 1.46. The molecule has 1 aromatic carbocycles. The first-order chi connectivity index (χ1) is 13.7. The number of thioether (sulfide) groups is 1. The molecular formula is C20H26N4O3S. The minimum absolute atomic E-state index is 0.0776. The summed E-state index contributed by atoms with van der Waals surface area (Å²) in [6.07, 6.45) is 1.79. The normalized spacial score (nSPS) is 18.7. The Kier molecular flexibility index (Phi) is 6.29. The number of amides is 1. The van der Waals surface area contributed by atoms with E-state index in [9.17, 15) is 4.79 Å². The monoisotopic (exact) mass is 402 g/mol. The molecule has 1 amide bonds. The van der Waals surface area contributed by atoms with Crippen molar-refractivity contribution in [3.8, 4) is 0 Å². The third kappa shape index (κ3) is 4.56. The van der Waals surface area contributed by atoms with Crippen LogP contribution in [-0.4, -0.2) is 63.9 Å². The fraction of sp³-hybridized carbons (Fsp3) is 0.550. The van der Waals surface area contributed by atoms with Crippen molar-refractivity contribution in [1.29, 1.82) is 0 Å². The highest BCUT2D eigenvalue weighted by atomic mass is 32.2. The topological polar surface area (TPSA) is 69.5 Å². The number of carbonyl (C=O) groups excluding carboxylic acids is 1. The molecule has 0 N–H and O–H groups in total. The Labute approximate surface area is 169 Å². The summed E-state index contributed by atoms with van der Waals surface area (Å²) in [5.41, 5.74) is 1.19. The Morgan fingerprint density at radius 3 is 2.57 bits per heavy atom. The van der Waals surface area contributed by atoms with Crippen LogP contribution in [0.5, 0.6) is 0 Å². The SMILES string of the molecule is Cc1nnc(SCC(=O)N2CCC(C3OCCO3)CC2)n1Cc1ccccc1. The Hall–Kier alpha value is -1.90. The molecule has 2 aliphatic heterocycles. The first-order valence-corrected chi connectivity index (χ1v) is 10.8. The number of ether oxygens (including phenoxy) is 2. The summed E-state index contributed by atoms with van der Waals surface area (Å²) in [4.78, 5) is 14.6. The van der Waals surface area contributed by atoms with Gasteiger partial charge in [0.2, 0.25) is 5.91 Å². The molecule has 2 aliphatic rings. The van der Waals surface area contributed by atoms with E-state index in [-0.39, 0.29) is 12.2 Å². The van der Waals surface area contributed by atoms with Gasteiger partial charge in [0.05, 0.1) is 25.5 Å². The Morgan fingerprint density at radius 2 is 1.86 bits per heavy atom. The fourth-order valence-electron chi connectivity index (χ4n) is 3.70. The second-order valence-corrected chi connectivity index (χ2v) is 8.16. The van der Waals surface area contributed by atoms with E-state index in [4.69, 9.17) is 9.47 Å². The van der Waals surface area contributed by atoms with E-state index in [1.54, 1.807) is 0 Å². The van der Waals surface area contributed by atoms with E-state index in [1.807, 2.05) is 30.0 Å². The smallest absolute Gasteiger partial charge is 0.233 e. The van der Waals surface area contributed by atoms with Crippen LogP contribution in [-0.2, 0) is 20.8 Å². The van der Waals surface area contributed by atoms with E-state index in [2.05, 4.69) is 26.9 Å². The lowest BCUT2D eigenvalue weighted by molar-refractivity contribution is -0.134. The quantitative estimate of drug-likeness (QED) is 0.691. The number of piperidine rings is 1. The predicted molar refractivity (Wildman–Crippen MR) is 106 cm³/mol. The van der Waals surface area contributed by atoms with Gasteiger partial charge in [-0.2, -0.15) is 0 Å². The first-order valence-electron chi connectivity index (χ1n) is 9.78. The summed E-state index contributed by atoms with van der Waals surface area (Å²) in [6.45, 7) is 5.56. The number of benzene rings is 1. The van der Waals surface area contributed by atoms with Crippen LogP contribution in [0.1, 0.15) is 24.2 Å². The maximum atomic E-state index is 12.7. The van der Waals surface area contributed by atoms with E-state index < -0.39 is 0 Å². The number of rotatable bonds is 6. The molecule has 2 saturated heterocycles. The molecule has 7 nitrogen and oxygen atoms in total. The molecule has 0 unspecified atom stereocenters. The average Bonchev–Trinajstić information content (AvgIpc) is 3.38. The Morgan fingerprint density at radius 1 is 1.14 bits per heavy atom. The highest BCUT2D eigenvalue weighted by molar-refractivity contribution is 7.99. The van der Waals surface area contributed by atoms with Crippen molar-refractivity contribution in [3.05, 3.63) is 41.7 Å². The lowest BCUT2D eigenvalue weighted by Gasteiger charge is -2.33. The molecule has 0 bridgehead atoms. The van der Waals surface area contributed by atoms with Crippen LogP contribution in [0.3, 0.4) is 0 Å². The van der Waals surface area contributed by atoms with Gasteiger partial charge in [-0.3, -0.25) is 4.79 Å². The van der Waals surface area contributed by atoms with E-state index in [0.29, 0.717) is 31.4 Å². The molecule has 0 aliphatic carbocycles. The number of hydrogen-bond donors (Lipinski definition) is 0. The molecule has 28 heavy (non-hydrogen) atoms. The van der Waals surface area contributed by atoms with Crippen molar-refractivity contribution in [2.24, 2.45) is 5.92 Å². The summed E-state index contributed by atoms with van der Waals surface area (Å²) in [6, 6.07) is 10.2. The van der Waals surface area contributed by atoms with Gasteiger partial charge >= 0.3 is 0 Å². The Bertz CT molecular complexity index is 784. The molecule has 2 fully saturated rings. The third-order valence-corrected chi connectivity index (χ3v) is 6.29. The van der Waals surface area contributed by atoms with Crippen molar-refractivity contribution < 1.29 is 14.3 Å². The van der Waals surface area contributed by atoms with Gasteiger partial charge in [0.25, 0.3) is 0 Å². The number of carbonyl (C=O) groups is 1. The van der Waals surface area contributed by atoms with E-state index >= 15 is 0 Å². The third-order valence-electron chi connectivity index (χ3n) is 5.33. The van der Waals surface area contributed by atoms with Crippen LogP contribution < -0.4 is 0 Å². The molecule has 3 heterocycles. The second-order valence-electron chi connectivity index (χ2n) is 7.22. The van der Waals surface area contributed by atoms with E-state index in [0.717, 1.165) is 36.9 Å². The van der Waals surface area contributed by atoms with Gasteiger partial charge in [0.1, 0.15) is 5.82 Å². The molecule has 4 rings (SSSR count). The van der Waals surface area contributed by atoms with Crippen molar-refractivity contribution in [1.82, 2.24) is 19.7 Å². The van der Waals surface area contributed by atoms with Crippen LogP contribution in [0.15, 0.2) is 35.5 Å². The molecule has 150 valence electrons. The van der Waals surface area contributed by atoms with Crippen molar-refractivity contribution in [2.45, 2.75) is 37.8 Å². The van der Waals surface area contributed by atoms with Crippen LogP contribution in [0.2, 0.25) is 0 Å². The highest BCUT2D eigenvalue weighted by Crippen LogP contribution is 2.26. The van der Waals surface area contributed by atoms with Gasteiger partial charge in [0.15, 0.2) is 11.4 Å². The largest absolute Gasteiger partial charge is 0.350 e. The molecule has 0 radical (unpaired) electrons. The standard InChI is InChI=1S/C20H26N4O3S/c1-15-21-22-20(24(15)13-16-5-3-2-4-6-16)28-14-18(25)23-9-7-17(8-10-23)19-26-11-12-27-19/h2-6,17,19H,7-14H2,1H3. The predicted octanol–water partition coefficient (Wildman–Crippen LogP) is 2.34. The van der Waals surface area contributed by atoms with Gasteiger partial charge in [0, 0.05) is 19.0 Å². The summed E-state index contributed by atoms with van der Waals surface area (Å²) in [5, 5.41) is 9.25. The van der Waals surface area contributed by atoms with Crippen molar-refractivity contribution >= 4 is 17.7 Å². The average molecular weight is 403 g/mol. The fourth-order valence-corrected chi connectivity index (χ4v) is 4.59. The van der Waals surface area contributed by atoms with Crippen LogP contribution in [0, 0.1) is 12.8 Å². The van der Waals surface area contributed by atoms with Gasteiger partial charge in [-0.25, -0.2) is 0 Å². The summed E-state index contributed by atoms with van der Waals surface area (Å²) < 4.78 is 13.3. The van der Waals surface area contributed by atoms with Crippen LogP contribution in [0.25, 0.3) is 0 Å². The molecule has 0 atom stereocenters. The van der Waals surface area contributed by atoms with Gasteiger partial charge < -0.3 is 18.9 Å². The van der Waals surface area contributed by atoms with Gasteiger partial charge in [-0.1, -0.05) is 42.1 Å². The van der Waals surface area contributed by atoms with Gasteiger partial charge in [-0.15, -0.1) is 10.2 Å². The number of aryl methyl sites for hydroxylation is 1. The van der Waals surface area contributed by atoms with Gasteiger partial charge in [-0.05, 0) is 25.3 Å². The molecule has 2 aromatic rings. The maximum Gasteiger partial charge on any atom is 0.233 e. The summed E-state index contributed by atoms with van der Waals surface area (Å²) in [7, 11) is 0. The zero-order chi connectivity index (χ0) is 19.3. The summed E-state index contributed by atoms with van der Waals surface area (Å²) in [5.74, 6) is 1.80. The molecule has 1 aromatic heterocycles. The number of aromatic nitrogens is 3. The van der Waals surface area contributed by atoms with Crippen molar-refractivity contribution in [2.75, 3.05) is 32.1 Å².